The van der Waals surface area contributed by atoms with Crippen molar-refractivity contribution in [3.8, 4) is 0 Å². The molecular weight excluding hydrogens is 321 g/mol. The van der Waals surface area contributed by atoms with Crippen LogP contribution >= 0.6 is 34.5 Å². The van der Waals surface area contributed by atoms with Gasteiger partial charge in [0.05, 0.1) is 14.8 Å². The summed E-state index contributed by atoms with van der Waals surface area (Å²) in [7, 11) is 0. The summed E-state index contributed by atoms with van der Waals surface area (Å²) in [4.78, 5) is 24.0. The molecule has 0 amide bonds. The van der Waals surface area contributed by atoms with Crippen molar-refractivity contribution in [2.24, 2.45) is 0 Å². The average molecular weight is 330 g/mol. The lowest BCUT2D eigenvalue weighted by atomic mass is 10.2. The molecule has 0 unspecified atom stereocenters. The van der Waals surface area contributed by atoms with E-state index in [4.69, 9.17) is 33.7 Å². The third kappa shape index (κ3) is 3.50. The minimum Gasteiger partial charge on any atom is -0.454 e. The second kappa shape index (κ2) is 6.26. The lowest BCUT2D eigenvalue weighted by Gasteiger charge is -2.06. The molecule has 0 radical (unpaired) electrons. The minimum atomic E-state index is -0.671. The van der Waals surface area contributed by atoms with Gasteiger partial charge in [-0.2, -0.15) is 0 Å². The number of esters is 1. The maximum Gasteiger partial charge on any atom is 0.340 e. The summed E-state index contributed by atoms with van der Waals surface area (Å²) in [5, 5.41) is 0.420. The van der Waals surface area contributed by atoms with Gasteiger partial charge in [0.25, 0.3) is 0 Å². The van der Waals surface area contributed by atoms with E-state index >= 15 is 0 Å². The fourth-order valence-corrected chi connectivity index (χ4v) is 2.61. The number of nitrogens with two attached hydrogens (primary N) is 1. The summed E-state index contributed by atoms with van der Waals surface area (Å²) in [5.74, 6) is -0.988. The summed E-state index contributed by atoms with van der Waals surface area (Å²) < 4.78 is 5.43. The van der Waals surface area contributed by atoms with Crippen LogP contribution in [0.1, 0.15) is 20.0 Å². The van der Waals surface area contributed by atoms with Crippen molar-refractivity contribution >= 4 is 52.0 Å². The normalized spacial score (nSPS) is 10.3. The van der Waals surface area contributed by atoms with Gasteiger partial charge in [0.15, 0.2) is 6.61 Å². The molecule has 1 aromatic heterocycles. The maximum atomic E-state index is 11.8. The van der Waals surface area contributed by atoms with E-state index in [0.717, 1.165) is 11.3 Å². The first kappa shape index (κ1) is 14.8. The van der Waals surface area contributed by atoms with Gasteiger partial charge >= 0.3 is 5.97 Å². The SMILES string of the molecule is Nc1cc(Cl)ccc1C(=O)OCC(=O)c1ccc(Cl)s1. The van der Waals surface area contributed by atoms with Gasteiger partial charge < -0.3 is 10.5 Å². The largest absolute Gasteiger partial charge is 0.454 e. The van der Waals surface area contributed by atoms with Crippen molar-refractivity contribution in [3.05, 3.63) is 50.1 Å². The molecule has 0 aliphatic heterocycles. The van der Waals surface area contributed by atoms with E-state index < -0.39 is 5.97 Å². The predicted molar refractivity (Wildman–Crippen MR) is 79.8 cm³/mol. The number of hydrogen-bond donors (Lipinski definition) is 1. The van der Waals surface area contributed by atoms with Gasteiger partial charge in [0, 0.05) is 10.7 Å². The number of benzene rings is 1. The first-order valence-corrected chi connectivity index (χ1v) is 7.05. The van der Waals surface area contributed by atoms with Gasteiger partial charge in [-0.05, 0) is 30.3 Å². The first-order valence-electron chi connectivity index (χ1n) is 5.48. The Labute approximate surface area is 129 Å². The van der Waals surface area contributed by atoms with Crippen LogP contribution in [-0.4, -0.2) is 18.4 Å². The van der Waals surface area contributed by atoms with E-state index in [9.17, 15) is 9.59 Å². The van der Waals surface area contributed by atoms with E-state index in [0.29, 0.717) is 14.2 Å². The van der Waals surface area contributed by atoms with Crippen LogP contribution < -0.4 is 5.73 Å². The molecule has 20 heavy (non-hydrogen) atoms. The number of ketones is 1. The Balaban J connectivity index is 2.00. The lowest BCUT2D eigenvalue weighted by Crippen LogP contribution is -2.14. The summed E-state index contributed by atoms with van der Waals surface area (Å²) >= 11 is 12.6. The molecule has 0 aliphatic rings. The zero-order valence-corrected chi connectivity index (χ0v) is 12.4. The molecule has 1 aromatic carbocycles. The predicted octanol–water partition coefficient (Wildman–Crippen LogP) is 3.68. The molecule has 0 fully saturated rings. The smallest absolute Gasteiger partial charge is 0.340 e. The molecule has 0 bridgehead atoms. The number of hydrogen-bond acceptors (Lipinski definition) is 5. The Morgan fingerprint density at radius 3 is 2.55 bits per heavy atom. The highest BCUT2D eigenvalue weighted by atomic mass is 35.5. The number of Topliss-reactive ketones (excluding diaryl/α,β-unsaturated/α-hetero) is 1. The highest BCUT2D eigenvalue weighted by molar-refractivity contribution is 7.18. The summed E-state index contributed by atoms with van der Waals surface area (Å²) in [5.41, 5.74) is 6.03. The molecule has 1 heterocycles. The van der Waals surface area contributed by atoms with E-state index in [2.05, 4.69) is 0 Å². The number of nitrogen functional groups attached to an aromatic ring is 1. The van der Waals surface area contributed by atoms with Crippen LogP contribution in [0.15, 0.2) is 30.3 Å². The van der Waals surface area contributed by atoms with Crippen LogP contribution in [0.4, 0.5) is 5.69 Å². The lowest BCUT2D eigenvalue weighted by molar-refractivity contribution is 0.0477. The summed E-state index contributed by atoms with van der Waals surface area (Å²) in [6.07, 6.45) is 0. The van der Waals surface area contributed by atoms with E-state index in [1.807, 2.05) is 0 Å². The fraction of sp³-hybridized carbons (Fsp3) is 0.0769. The summed E-state index contributed by atoms with van der Waals surface area (Å²) in [6, 6.07) is 7.61. The molecule has 2 aromatic rings. The molecule has 4 nitrogen and oxygen atoms in total. The van der Waals surface area contributed by atoms with Gasteiger partial charge in [-0.15, -0.1) is 11.3 Å². The van der Waals surface area contributed by atoms with Crippen LogP contribution in [-0.2, 0) is 4.74 Å². The molecule has 104 valence electrons. The second-order valence-corrected chi connectivity index (χ2v) is 5.99. The topological polar surface area (TPSA) is 69.4 Å². The molecule has 2 rings (SSSR count). The molecular formula is C13H9Cl2NO3S. The Morgan fingerprint density at radius 1 is 1.20 bits per heavy atom. The fourth-order valence-electron chi connectivity index (χ4n) is 1.46. The first-order chi connectivity index (χ1) is 9.47. The third-order valence-corrected chi connectivity index (χ3v) is 3.92. The molecule has 0 spiro atoms. The van der Waals surface area contributed by atoms with Crippen LogP contribution in [0.5, 0.6) is 0 Å². The number of carbonyl (C=O) groups excluding carboxylic acids is 2. The third-order valence-electron chi connectivity index (χ3n) is 2.42. The standard InChI is InChI=1S/C13H9Cl2NO3S/c14-7-1-2-8(9(16)5-7)13(18)19-6-10(17)11-3-4-12(15)20-11/h1-5H,6,16H2. The zero-order chi connectivity index (χ0) is 14.7. The van der Waals surface area contributed by atoms with Gasteiger partial charge in [0.2, 0.25) is 5.78 Å². The number of carbonyl (C=O) groups is 2. The van der Waals surface area contributed by atoms with Gasteiger partial charge in [-0.25, -0.2) is 4.79 Å². The molecule has 2 N–H and O–H groups in total. The quantitative estimate of drug-likeness (QED) is 0.527. The van der Waals surface area contributed by atoms with E-state index in [-0.39, 0.29) is 23.6 Å². The number of thiophene rings is 1. The Bertz CT molecular complexity index is 669. The van der Waals surface area contributed by atoms with Crippen LogP contribution in [0, 0.1) is 0 Å². The number of anilines is 1. The van der Waals surface area contributed by atoms with Crippen molar-refractivity contribution in [1.82, 2.24) is 0 Å². The van der Waals surface area contributed by atoms with Crippen molar-refractivity contribution in [3.63, 3.8) is 0 Å². The van der Waals surface area contributed by atoms with Crippen molar-refractivity contribution in [2.45, 2.75) is 0 Å². The Kier molecular flexibility index (Phi) is 4.65. The van der Waals surface area contributed by atoms with Gasteiger partial charge in [-0.3, -0.25) is 4.79 Å². The van der Waals surface area contributed by atoms with E-state index in [1.54, 1.807) is 12.1 Å². The zero-order valence-electron chi connectivity index (χ0n) is 10.1. The average Bonchev–Trinajstić information content (AvgIpc) is 2.82. The molecule has 0 saturated heterocycles. The molecule has 0 atom stereocenters. The monoisotopic (exact) mass is 329 g/mol. The summed E-state index contributed by atoms with van der Waals surface area (Å²) in [6.45, 7) is -0.363. The Hall–Kier alpha value is -1.56. The number of halogens is 2. The van der Waals surface area contributed by atoms with Crippen LogP contribution in [0.2, 0.25) is 9.36 Å². The molecule has 0 saturated carbocycles. The van der Waals surface area contributed by atoms with Gasteiger partial charge in [-0.1, -0.05) is 23.2 Å². The molecule has 7 heteroatoms. The number of ether oxygens (including phenoxy) is 1. The maximum absolute atomic E-state index is 11.8. The number of rotatable bonds is 4. The van der Waals surface area contributed by atoms with E-state index in [1.165, 1.54) is 18.2 Å². The highest BCUT2D eigenvalue weighted by Crippen LogP contribution is 2.22. The molecule has 0 aliphatic carbocycles. The van der Waals surface area contributed by atoms with Crippen LogP contribution in [0.25, 0.3) is 0 Å². The van der Waals surface area contributed by atoms with Gasteiger partial charge in [0.1, 0.15) is 0 Å². The highest BCUT2D eigenvalue weighted by Gasteiger charge is 2.15. The van der Waals surface area contributed by atoms with Crippen molar-refractivity contribution < 1.29 is 14.3 Å². The van der Waals surface area contributed by atoms with Crippen molar-refractivity contribution in [1.29, 1.82) is 0 Å². The second-order valence-electron chi connectivity index (χ2n) is 3.83. The van der Waals surface area contributed by atoms with Crippen LogP contribution in [0.3, 0.4) is 0 Å². The minimum absolute atomic E-state index is 0.173. The van der Waals surface area contributed by atoms with Crippen molar-refractivity contribution in [2.75, 3.05) is 12.3 Å². The Morgan fingerprint density at radius 2 is 1.95 bits per heavy atom.